The van der Waals surface area contributed by atoms with Crippen LogP contribution in [-0.4, -0.2) is 11.3 Å². The van der Waals surface area contributed by atoms with E-state index in [0.29, 0.717) is 5.56 Å². The van der Waals surface area contributed by atoms with Gasteiger partial charge in [0.05, 0.1) is 0 Å². The van der Waals surface area contributed by atoms with E-state index in [4.69, 9.17) is 5.11 Å². The maximum atomic E-state index is 13.0. The lowest BCUT2D eigenvalue weighted by molar-refractivity contribution is -0.207. The van der Waals surface area contributed by atoms with Crippen LogP contribution in [0.15, 0.2) is 18.2 Å². The van der Waals surface area contributed by atoms with E-state index in [1.807, 2.05) is 0 Å². The molecule has 14 heavy (non-hydrogen) atoms. The number of rotatable bonds is 1. The molecule has 0 saturated heterocycles. The molecule has 0 aliphatic carbocycles. The number of benzene rings is 1. The Balaban J connectivity index is 3.08. The molecule has 0 heterocycles. The highest BCUT2D eigenvalue weighted by Gasteiger charge is 2.40. The third kappa shape index (κ3) is 2.23. The van der Waals surface area contributed by atoms with Gasteiger partial charge >= 0.3 is 6.18 Å². The van der Waals surface area contributed by atoms with Crippen LogP contribution < -0.4 is 0 Å². The van der Waals surface area contributed by atoms with Crippen LogP contribution in [-0.2, 0) is 0 Å². The Kier molecular flexibility index (Phi) is 2.80. The predicted molar refractivity (Wildman–Crippen MR) is 42.2 cm³/mol. The molecule has 78 valence electrons. The van der Waals surface area contributed by atoms with E-state index >= 15 is 0 Å². The highest BCUT2D eigenvalue weighted by Crippen LogP contribution is 2.33. The Hall–Kier alpha value is -1.10. The fourth-order valence-electron chi connectivity index (χ4n) is 1.03. The third-order valence-electron chi connectivity index (χ3n) is 1.76. The fraction of sp³-hybridized carbons (Fsp3) is 0.333. The summed E-state index contributed by atoms with van der Waals surface area (Å²) >= 11 is 0. The molecule has 0 radical (unpaired) electrons. The first-order chi connectivity index (χ1) is 6.32. The Morgan fingerprint density at radius 2 is 1.86 bits per heavy atom. The Morgan fingerprint density at radius 3 is 2.29 bits per heavy atom. The van der Waals surface area contributed by atoms with Gasteiger partial charge in [-0.2, -0.15) is 13.2 Å². The van der Waals surface area contributed by atoms with Gasteiger partial charge in [-0.15, -0.1) is 0 Å². The largest absolute Gasteiger partial charge is 0.418 e. The summed E-state index contributed by atoms with van der Waals surface area (Å²) in [5.41, 5.74) is -0.247. The fourth-order valence-corrected chi connectivity index (χ4v) is 1.03. The summed E-state index contributed by atoms with van der Waals surface area (Å²) in [7, 11) is 0. The van der Waals surface area contributed by atoms with Gasteiger partial charge in [0.1, 0.15) is 5.82 Å². The molecular weight excluding hydrogens is 200 g/mol. The first-order valence-electron chi connectivity index (χ1n) is 3.83. The van der Waals surface area contributed by atoms with E-state index < -0.39 is 23.7 Å². The van der Waals surface area contributed by atoms with Gasteiger partial charge in [-0.05, 0) is 18.6 Å². The van der Waals surface area contributed by atoms with Crippen molar-refractivity contribution in [3.8, 4) is 0 Å². The van der Waals surface area contributed by atoms with Gasteiger partial charge in [0.15, 0.2) is 6.10 Å². The molecule has 5 heteroatoms. The Labute approximate surface area is 78.0 Å². The second kappa shape index (κ2) is 3.57. The van der Waals surface area contributed by atoms with Crippen LogP contribution in [0.2, 0.25) is 0 Å². The molecule has 0 bridgehead atoms. The molecule has 1 rings (SSSR count). The molecule has 0 aliphatic heterocycles. The SMILES string of the molecule is Cc1ccc([C@H](O)C(F)(F)F)c(F)c1. The van der Waals surface area contributed by atoms with Crippen LogP contribution in [0.1, 0.15) is 17.2 Å². The van der Waals surface area contributed by atoms with Crippen LogP contribution >= 0.6 is 0 Å². The third-order valence-corrected chi connectivity index (χ3v) is 1.76. The number of hydrogen-bond acceptors (Lipinski definition) is 1. The lowest BCUT2D eigenvalue weighted by Crippen LogP contribution is -2.21. The minimum atomic E-state index is -4.84. The van der Waals surface area contributed by atoms with Crippen LogP contribution in [0.4, 0.5) is 17.6 Å². The normalized spacial score (nSPS) is 14.1. The molecule has 1 nitrogen and oxygen atoms in total. The van der Waals surface area contributed by atoms with Crippen molar-refractivity contribution in [3.63, 3.8) is 0 Å². The monoisotopic (exact) mass is 208 g/mol. The summed E-state index contributed by atoms with van der Waals surface area (Å²) in [6.07, 6.45) is -7.60. The van der Waals surface area contributed by atoms with Gasteiger partial charge in [-0.25, -0.2) is 4.39 Å². The summed E-state index contributed by atoms with van der Waals surface area (Å²) < 4.78 is 49.0. The summed E-state index contributed by atoms with van der Waals surface area (Å²) in [5.74, 6) is -1.05. The molecule has 0 aliphatic rings. The van der Waals surface area contributed by atoms with Crippen molar-refractivity contribution >= 4 is 0 Å². The molecule has 0 aromatic heterocycles. The van der Waals surface area contributed by atoms with Crippen molar-refractivity contribution in [2.75, 3.05) is 0 Å². The number of halogens is 4. The molecule has 0 saturated carbocycles. The Morgan fingerprint density at radius 1 is 1.29 bits per heavy atom. The maximum Gasteiger partial charge on any atom is 0.418 e. The zero-order chi connectivity index (χ0) is 10.9. The predicted octanol–water partition coefficient (Wildman–Crippen LogP) is 2.73. The van der Waals surface area contributed by atoms with Crippen molar-refractivity contribution < 1.29 is 22.7 Å². The highest BCUT2D eigenvalue weighted by atomic mass is 19.4. The van der Waals surface area contributed by atoms with E-state index in [0.717, 1.165) is 12.1 Å². The van der Waals surface area contributed by atoms with Crippen LogP contribution in [0.3, 0.4) is 0 Å². The average molecular weight is 208 g/mol. The van der Waals surface area contributed by atoms with E-state index in [9.17, 15) is 17.6 Å². The first-order valence-corrected chi connectivity index (χ1v) is 3.83. The number of hydrogen-bond donors (Lipinski definition) is 1. The molecular formula is C9H8F4O. The van der Waals surface area contributed by atoms with E-state index in [-0.39, 0.29) is 0 Å². The average Bonchev–Trinajstić information content (AvgIpc) is 2.01. The summed E-state index contributed by atoms with van der Waals surface area (Å²) in [6.45, 7) is 1.55. The molecule has 0 unspecified atom stereocenters. The van der Waals surface area contributed by atoms with Gasteiger partial charge in [0.25, 0.3) is 0 Å². The van der Waals surface area contributed by atoms with Crippen LogP contribution in [0.25, 0.3) is 0 Å². The summed E-state index contributed by atoms with van der Waals surface area (Å²) in [5, 5.41) is 8.76. The van der Waals surface area contributed by atoms with Crippen molar-refractivity contribution in [3.05, 3.63) is 35.1 Å². The van der Waals surface area contributed by atoms with Crippen molar-refractivity contribution in [2.45, 2.75) is 19.2 Å². The van der Waals surface area contributed by atoms with Crippen molar-refractivity contribution in [1.29, 1.82) is 0 Å². The quantitative estimate of drug-likeness (QED) is 0.703. The topological polar surface area (TPSA) is 20.2 Å². The molecule has 1 aromatic carbocycles. The first kappa shape index (κ1) is 11.0. The number of alkyl halides is 3. The highest BCUT2D eigenvalue weighted by molar-refractivity contribution is 5.25. The van der Waals surface area contributed by atoms with Gasteiger partial charge in [-0.1, -0.05) is 12.1 Å². The molecule has 1 aromatic rings. The molecule has 0 amide bonds. The smallest absolute Gasteiger partial charge is 0.379 e. The standard InChI is InChI=1S/C9H8F4O/c1-5-2-3-6(7(10)4-5)8(14)9(11,12)13/h2-4,8,14H,1H3/t8-/m0/s1. The van der Waals surface area contributed by atoms with Crippen molar-refractivity contribution in [1.82, 2.24) is 0 Å². The van der Waals surface area contributed by atoms with Gasteiger partial charge in [0, 0.05) is 5.56 Å². The minimum absolute atomic E-state index is 0.501. The van der Waals surface area contributed by atoms with E-state index in [1.54, 1.807) is 6.92 Å². The second-order valence-electron chi connectivity index (χ2n) is 2.97. The summed E-state index contributed by atoms with van der Waals surface area (Å²) in [4.78, 5) is 0. The molecule has 1 atom stereocenters. The molecule has 1 N–H and O–H groups in total. The van der Waals surface area contributed by atoms with E-state index in [1.165, 1.54) is 6.07 Å². The zero-order valence-electron chi connectivity index (χ0n) is 7.27. The lowest BCUT2D eigenvalue weighted by atomic mass is 10.1. The van der Waals surface area contributed by atoms with Gasteiger partial charge in [-0.3, -0.25) is 0 Å². The number of aliphatic hydroxyl groups is 1. The number of aliphatic hydroxyl groups excluding tert-OH is 1. The second-order valence-corrected chi connectivity index (χ2v) is 2.97. The van der Waals surface area contributed by atoms with Crippen LogP contribution in [0.5, 0.6) is 0 Å². The Bertz CT molecular complexity index is 332. The van der Waals surface area contributed by atoms with Gasteiger partial charge < -0.3 is 5.11 Å². The number of aryl methyl sites for hydroxylation is 1. The lowest BCUT2D eigenvalue weighted by Gasteiger charge is -2.15. The van der Waals surface area contributed by atoms with E-state index in [2.05, 4.69) is 0 Å². The summed E-state index contributed by atoms with van der Waals surface area (Å²) in [6, 6.07) is 3.19. The molecule has 0 spiro atoms. The molecule has 0 fully saturated rings. The van der Waals surface area contributed by atoms with Crippen LogP contribution in [0, 0.1) is 12.7 Å². The maximum absolute atomic E-state index is 13.0. The minimum Gasteiger partial charge on any atom is -0.379 e. The van der Waals surface area contributed by atoms with Gasteiger partial charge in [0.2, 0.25) is 0 Å². The zero-order valence-corrected chi connectivity index (χ0v) is 7.27. The van der Waals surface area contributed by atoms with Crippen molar-refractivity contribution in [2.24, 2.45) is 0 Å².